The van der Waals surface area contributed by atoms with Gasteiger partial charge in [0.1, 0.15) is 12.4 Å². The Morgan fingerprint density at radius 3 is 2.75 bits per heavy atom. The Bertz CT molecular complexity index is 607. The van der Waals surface area contributed by atoms with Crippen molar-refractivity contribution in [1.82, 2.24) is 4.90 Å². The summed E-state index contributed by atoms with van der Waals surface area (Å²) >= 11 is 6.03. The van der Waals surface area contributed by atoms with Gasteiger partial charge in [0.15, 0.2) is 0 Å². The molecule has 1 aliphatic rings. The van der Waals surface area contributed by atoms with Gasteiger partial charge in [-0.3, -0.25) is 9.59 Å². The van der Waals surface area contributed by atoms with Crippen LogP contribution in [0.1, 0.15) is 23.7 Å². The van der Waals surface area contributed by atoms with Crippen LogP contribution in [-0.2, 0) is 9.53 Å². The summed E-state index contributed by atoms with van der Waals surface area (Å²) in [6.07, 6.45) is 0.447. The van der Waals surface area contributed by atoms with E-state index in [0.29, 0.717) is 49.1 Å². The second-order valence-corrected chi connectivity index (χ2v) is 6.38. The van der Waals surface area contributed by atoms with Crippen LogP contribution in [0.2, 0.25) is 5.02 Å². The highest BCUT2D eigenvalue weighted by molar-refractivity contribution is 6.31. The molecule has 1 heterocycles. The van der Waals surface area contributed by atoms with Crippen LogP contribution in [0.4, 0.5) is 0 Å². The molecular formula is C17H22ClNO5. The molecule has 0 bridgehead atoms. The Hall–Kier alpha value is -1.79. The van der Waals surface area contributed by atoms with Crippen molar-refractivity contribution < 1.29 is 24.2 Å². The fraction of sp³-hybridized carbons (Fsp3) is 0.529. The van der Waals surface area contributed by atoms with Gasteiger partial charge in [-0.1, -0.05) is 18.5 Å². The molecule has 1 amide bonds. The molecule has 1 fully saturated rings. The number of likely N-dealkylation sites (tertiary alicyclic amines) is 1. The number of halogens is 1. The lowest BCUT2D eigenvalue weighted by Gasteiger charge is -2.35. The fourth-order valence-corrected chi connectivity index (χ4v) is 3.07. The third-order valence-electron chi connectivity index (χ3n) is 4.23. The molecular weight excluding hydrogens is 334 g/mol. The standard InChI is InChI=1S/C17H22ClNO5/c1-11-10-19(6-5-13(11)17(21)22)16(20)14-9-12(18)3-4-15(14)24-8-7-23-2/h3-4,9,11,13H,5-8,10H2,1-2H3,(H,21,22). The first kappa shape index (κ1) is 18.5. The zero-order chi connectivity index (χ0) is 17.7. The van der Waals surface area contributed by atoms with Crippen molar-refractivity contribution in [3.05, 3.63) is 28.8 Å². The summed E-state index contributed by atoms with van der Waals surface area (Å²) in [5.74, 6) is -1.06. The highest BCUT2D eigenvalue weighted by atomic mass is 35.5. The molecule has 1 N–H and O–H groups in total. The molecule has 0 spiro atoms. The van der Waals surface area contributed by atoms with Crippen LogP contribution in [0.15, 0.2) is 18.2 Å². The Balaban J connectivity index is 2.14. The number of hydrogen-bond donors (Lipinski definition) is 1. The third kappa shape index (κ3) is 4.39. The van der Waals surface area contributed by atoms with Crippen molar-refractivity contribution in [1.29, 1.82) is 0 Å². The van der Waals surface area contributed by atoms with Crippen molar-refractivity contribution in [3.63, 3.8) is 0 Å². The number of rotatable bonds is 6. The Morgan fingerprint density at radius 1 is 1.38 bits per heavy atom. The molecule has 2 rings (SSSR count). The molecule has 1 aromatic carbocycles. The maximum Gasteiger partial charge on any atom is 0.306 e. The van der Waals surface area contributed by atoms with Crippen molar-refractivity contribution in [2.75, 3.05) is 33.4 Å². The van der Waals surface area contributed by atoms with E-state index in [2.05, 4.69) is 0 Å². The largest absolute Gasteiger partial charge is 0.490 e. The maximum absolute atomic E-state index is 12.8. The second-order valence-electron chi connectivity index (χ2n) is 5.94. The van der Waals surface area contributed by atoms with Crippen LogP contribution in [0.3, 0.4) is 0 Å². The quantitative estimate of drug-likeness (QED) is 0.793. The monoisotopic (exact) mass is 355 g/mol. The Labute approximate surface area is 146 Å². The average Bonchev–Trinajstić information content (AvgIpc) is 2.55. The number of nitrogens with zero attached hydrogens (tertiary/aromatic N) is 1. The minimum absolute atomic E-state index is 0.0998. The van der Waals surface area contributed by atoms with Crippen molar-refractivity contribution in [2.45, 2.75) is 13.3 Å². The number of carboxylic acids is 1. The van der Waals surface area contributed by atoms with E-state index in [4.69, 9.17) is 21.1 Å². The number of carbonyl (C=O) groups excluding carboxylic acids is 1. The predicted octanol–water partition coefficient (Wildman–Crippen LogP) is 2.55. The van der Waals surface area contributed by atoms with E-state index in [9.17, 15) is 14.7 Å². The first-order chi connectivity index (χ1) is 11.4. The number of aliphatic carboxylic acids is 1. The smallest absolute Gasteiger partial charge is 0.306 e. The second kappa shape index (κ2) is 8.35. The normalized spacial score (nSPS) is 20.7. The SMILES string of the molecule is COCCOc1ccc(Cl)cc1C(=O)N1CCC(C(=O)O)C(C)C1. The molecule has 1 saturated heterocycles. The van der Waals surface area contributed by atoms with E-state index in [1.807, 2.05) is 6.92 Å². The molecule has 132 valence electrons. The van der Waals surface area contributed by atoms with Gasteiger partial charge in [0.25, 0.3) is 5.91 Å². The number of ether oxygens (including phenoxy) is 2. The van der Waals surface area contributed by atoms with Crippen LogP contribution >= 0.6 is 11.6 Å². The van der Waals surface area contributed by atoms with Gasteiger partial charge in [0, 0.05) is 25.2 Å². The lowest BCUT2D eigenvalue weighted by Crippen LogP contribution is -2.45. The number of carbonyl (C=O) groups is 2. The van der Waals surface area contributed by atoms with Crippen LogP contribution < -0.4 is 4.74 Å². The number of hydrogen-bond acceptors (Lipinski definition) is 4. The summed E-state index contributed by atoms with van der Waals surface area (Å²) in [6, 6.07) is 4.92. The highest BCUT2D eigenvalue weighted by Gasteiger charge is 2.34. The molecule has 0 aliphatic carbocycles. The van der Waals surface area contributed by atoms with Crippen LogP contribution in [-0.4, -0.2) is 55.3 Å². The summed E-state index contributed by atoms with van der Waals surface area (Å²) < 4.78 is 10.6. The van der Waals surface area contributed by atoms with E-state index in [0.717, 1.165) is 0 Å². The minimum atomic E-state index is -0.805. The Morgan fingerprint density at radius 2 is 2.12 bits per heavy atom. The van der Waals surface area contributed by atoms with Crippen molar-refractivity contribution >= 4 is 23.5 Å². The third-order valence-corrected chi connectivity index (χ3v) is 4.46. The van der Waals surface area contributed by atoms with E-state index in [1.54, 1.807) is 30.2 Å². The van der Waals surface area contributed by atoms with E-state index < -0.39 is 11.9 Å². The summed E-state index contributed by atoms with van der Waals surface area (Å²) in [6.45, 7) is 3.41. The summed E-state index contributed by atoms with van der Waals surface area (Å²) in [5, 5.41) is 9.65. The summed E-state index contributed by atoms with van der Waals surface area (Å²) in [4.78, 5) is 25.7. The van der Waals surface area contributed by atoms with Crippen LogP contribution in [0.25, 0.3) is 0 Å². The van der Waals surface area contributed by atoms with Gasteiger partial charge >= 0.3 is 5.97 Å². The van der Waals surface area contributed by atoms with Gasteiger partial charge in [0.05, 0.1) is 18.1 Å². The number of amides is 1. The fourth-order valence-electron chi connectivity index (χ4n) is 2.90. The molecule has 1 aliphatic heterocycles. The molecule has 2 unspecified atom stereocenters. The molecule has 0 saturated carbocycles. The molecule has 24 heavy (non-hydrogen) atoms. The number of carboxylic acid groups (broad SMARTS) is 1. The Kier molecular flexibility index (Phi) is 6.45. The molecule has 2 atom stereocenters. The van der Waals surface area contributed by atoms with Crippen molar-refractivity contribution in [3.8, 4) is 5.75 Å². The van der Waals surface area contributed by atoms with Gasteiger partial charge in [0.2, 0.25) is 0 Å². The van der Waals surface area contributed by atoms with Gasteiger partial charge in [-0.25, -0.2) is 0 Å². The van der Waals surface area contributed by atoms with Crippen LogP contribution in [0.5, 0.6) is 5.75 Å². The number of methoxy groups -OCH3 is 1. The predicted molar refractivity (Wildman–Crippen MR) is 89.6 cm³/mol. The zero-order valence-corrected chi connectivity index (χ0v) is 14.6. The molecule has 1 aromatic rings. The van der Waals surface area contributed by atoms with Gasteiger partial charge in [-0.2, -0.15) is 0 Å². The highest BCUT2D eigenvalue weighted by Crippen LogP contribution is 2.28. The molecule has 6 nitrogen and oxygen atoms in total. The first-order valence-electron chi connectivity index (χ1n) is 7.87. The van der Waals surface area contributed by atoms with Crippen LogP contribution in [0, 0.1) is 11.8 Å². The van der Waals surface area contributed by atoms with E-state index >= 15 is 0 Å². The molecule has 0 aromatic heterocycles. The minimum Gasteiger partial charge on any atom is -0.490 e. The zero-order valence-electron chi connectivity index (χ0n) is 13.8. The average molecular weight is 356 g/mol. The van der Waals surface area contributed by atoms with Gasteiger partial charge < -0.3 is 19.5 Å². The summed E-state index contributed by atoms with van der Waals surface area (Å²) in [7, 11) is 1.57. The summed E-state index contributed by atoms with van der Waals surface area (Å²) in [5.41, 5.74) is 0.388. The topological polar surface area (TPSA) is 76.1 Å². The number of benzene rings is 1. The number of piperidine rings is 1. The lowest BCUT2D eigenvalue weighted by molar-refractivity contribution is -0.145. The van der Waals surface area contributed by atoms with Gasteiger partial charge in [-0.15, -0.1) is 0 Å². The maximum atomic E-state index is 12.8. The first-order valence-corrected chi connectivity index (χ1v) is 8.25. The van der Waals surface area contributed by atoms with Crippen molar-refractivity contribution in [2.24, 2.45) is 11.8 Å². The van der Waals surface area contributed by atoms with E-state index in [1.165, 1.54) is 0 Å². The lowest BCUT2D eigenvalue weighted by atomic mass is 9.87. The molecule has 0 radical (unpaired) electrons. The van der Waals surface area contributed by atoms with Gasteiger partial charge in [-0.05, 0) is 30.5 Å². The molecule has 7 heteroatoms. The van der Waals surface area contributed by atoms with E-state index in [-0.39, 0.29) is 11.8 Å².